The SMILES string of the molecule is Cc1cccc(Nc2nc3c(F)c(N4CCOCC4)cc(N4CCOCC4)c3[nH]2)c1. The summed E-state index contributed by atoms with van der Waals surface area (Å²) in [6.07, 6.45) is 0. The Kier molecular flexibility index (Phi) is 5.18. The number of ether oxygens (including phenoxy) is 2. The number of fused-ring (bicyclic) bond motifs is 1. The Morgan fingerprint density at radius 3 is 2.30 bits per heavy atom. The molecule has 30 heavy (non-hydrogen) atoms. The highest BCUT2D eigenvalue weighted by molar-refractivity contribution is 5.95. The lowest BCUT2D eigenvalue weighted by molar-refractivity contribution is 0.122. The van der Waals surface area contributed by atoms with Crippen LogP contribution in [0.25, 0.3) is 11.0 Å². The summed E-state index contributed by atoms with van der Waals surface area (Å²) in [4.78, 5) is 12.2. The fraction of sp³-hybridized carbons (Fsp3) is 0.409. The Bertz CT molecular complexity index is 1040. The summed E-state index contributed by atoms with van der Waals surface area (Å²) in [6, 6.07) is 9.97. The second-order valence-electron chi connectivity index (χ2n) is 7.73. The van der Waals surface area contributed by atoms with Crippen LogP contribution in [0.5, 0.6) is 0 Å². The quantitative estimate of drug-likeness (QED) is 0.686. The Morgan fingerprint density at radius 2 is 1.63 bits per heavy atom. The van der Waals surface area contributed by atoms with E-state index in [1.807, 2.05) is 42.2 Å². The van der Waals surface area contributed by atoms with Gasteiger partial charge in [-0.15, -0.1) is 0 Å². The zero-order chi connectivity index (χ0) is 20.5. The molecular weight excluding hydrogens is 385 g/mol. The second-order valence-corrected chi connectivity index (χ2v) is 7.73. The summed E-state index contributed by atoms with van der Waals surface area (Å²) in [5.74, 6) is 0.237. The molecule has 0 radical (unpaired) electrons. The number of rotatable bonds is 4. The minimum Gasteiger partial charge on any atom is -0.378 e. The van der Waals surface area contributed by atoms with E-state index in [0.29, 0.717) is 62.2 Å². The molecule has 5 rings (SSSR count). The Balaban J connectivity index is 1.59. The van der Waals surface area contributed by atoms with Crippen LogP contribution in [-0.4, -0.2) is 62.6 Å². The lowest BCUT2D eigenvalue weighted by atomic mass is 10.1. The first-order valence-electron chi connectivity index (χ1n) is 10.4. The maximum Gasteiger partial charge on any atom is 0.205 e. The molecule has 2 aliphatic heterocycles. The molecule has 158 valence electrons. The number of nitrogens with zero attached hydrogens (tertiary/aromatic N) is 3. The Hall–Kier alpha value is -2.84. The number of aromatic nitrogens is 2. The van der Waals surface area contributed by atoms with Crippen molar-refractivity contribution in [1.29, 1.82) is 0 Å². The van der Waals surface area contributed by atoms with Gasteiger partial charge in [0.1, 0.15) is 5.52 Å². The highest BCUT2D eigenvalue weighted by Gasteiger charge is 2.25. The van der Waals surface area contributed by atoms with E-state index in [-0.39, 0.29) is 5.82 Å². The number of hydrogen-bond donors (Lipinski definition) is 2. The van der Waals surface area contributed by atoms with Crippen molar-refractivity contribution in [2.45, 2.75) is 6.92 Å². The number of aryl methyl sites for hydroxylation is 1. The molecule has 0 amide bonds. The molecule has 8 heteroatoms. The van der Waals surface area contributed by atoms with Crippen molar-refractivity contribution in [2.75, 3.05) is 67.7 Å². The largest absolute Gasteiger partial charge is 0.378 e. The standard InChI is InChI=1S/C22H26FN5O2/c1-15-3-2-4-16(13-15)24-22-25-20-18(28-7-11-30-12-8-28)14-17(19(23)21(20)26-22)27-5-9-29-10-6-27/h2-4,13-14H,5-12H2,1H3,(H2,24,25,26). The maximum atomic E-state index is 15.6. The number of morpholine rings is 2. The average molecular weight is 411 g/mol. The van der Waals surface area contributed by atoms with Gasteiger partial charge >= 0.3 is 0 Å². The molecule has 7 nitrogen and oxygen atoms in total. The first-order valence-corrected chi connectivity index (χ1v) is 10.4. The summed E-state index contributed by atoms with van der Waals surface area (Å²) in [5.41, 5.74) is 4.67. The first kappa shape index (κ1) is 19.1. The van der Waals surface area contributed by atoms with Gasteiger partial charge in [-0.3, -0.25) is 0 Å². The zero-order valence-electron chi connectivity index (χ0n) is 17.1. The van der Waals surface area contributed by atoms with Crippen molar-refractivity contribution >= 4 is 34.0 Å². The molecular formula is C22H26FN5O2. The Morgan fingerprint density at radius 1 is 0.967 bits per heavy atom. The Labute approximate surface area is 174 Å². The van der Waals surface area contributed by atoms with Gasteiger partial charge in [0.25, 0.3) is 0 Å². The van der Waals surface area contributed by atoms with Crippen molar-refractivity contribution in [1.82, 2.24) is 9.97 Å². The predicted molar refractivity (Wildman–Crippen MR) is 117 cm³/mol. The topological polar surface area (TPSA) is 65.7 Å². The van der Waals surface area contributed by atoms with Crippen molar-refractivity contribution in [3.05, 3.63) is 41.7 Å². The van der Waals surface area contributed by atoms with Crippen LogP contribution in [0.4, 0.5) is 27.4 Å². The van der Waals surface area contributed by atoms with Crippen LogP contribution in [0.1, 0.15) is 5.56 Å². The molecule has 2 saturated heterocycles. The van der Waals surface area contributed by atoms with Crippen LogP contribution in [0, 0.1) is 12.7 Å². The minimum absolute atomic E-state index is 0.294. The van der Waals surface area contributed by atoms with Crippen molar-refractivity contribution in [3.63, 3.8) is 0 Å². The highest BCUT2D eigenvalue weighted by Crippen LogP contribution is 2.36. The molecule has 2 aliphatic rings. The number of imidazole rings is 1. The number of H-pyrrole nitrogens is 1. The molecule has 0 aliphatic carbocycles. The lowest BCUT2D eigenvalue weighted by Crippen LogP contribution is -2.38. The number of nitrogens with one attached hydrogen (secondary N) is 2. The van der Waals surface area contributed by atoms with Crippen LogP contribution in [0.3, 0.4) is 0 Å². The van der Waals surface area contributed by atoms with E-state index in [2.05, 4.69) is 20.2 Å². The number of benzene rings is 2. The van der Waals surface area contributed by atoms with Crippen LogP contribution < -0.4 is 15.1 Å². The van der Waals surface area contributed by atoms with Crippen molar-refractivity contribution in [2.24, 2.45) is 0 Å². The summed E-state index contributed by atoms with van der Waals surface area (Å²) in [7, 11) is 0. The molecule has 1 aromatic heterocycles. The third-order valence-electron chi connectivity index (χ3n) is 5.65. The third-order valence-corrected chi connectivity index (χ3v) is 5.65. The number of aromatic amines is 1. The van der Waals surface area contributed by atoms with Crippen LogP contribution in [0.2, 0.25) is 0 Å². The van der Waals surface area contributed by atoms with E-state index >= 15 is 4.39 Å². The molecule has 2 fully saturated rings. The van der Waals surface area contributed by atoms with Gasteiger partial charge in [0.05, 0.1) is 43.3 Å². The van der Waals surface area contributed by atoms with E-state index in [1.54, 1.807) is 0 Å². The van der Waals surface area contributed by atoms with E-state index in [9.17, 15) is 0 Å². The van der Waals surface area contributed by atoms with E-state index in [0.717, 1.165) is 30.0 Å². The third kappa shape index (κ3) is 3.68. The van der Waals surface area contributed by atoms with Gasteiger partial charge in [0.2, 0.25) is 5.95 Å². The van der Waals surface area contributed by atoms with Crippen LogP contribution in [-0.2, 0) is 9.47 Å². The molecule has 2 aromatic carbocycles. The van der Waals surface area contributed by atoms with Crippen LogP contribution in [0.15, 0.2) is 30.3 Å². The summed E-state index contributed by atoms with van der Waals surface area (Å²) >= 11 is 0. The number of halogens is 1. The van der Waals surface area contributed by atoms with Gasteiger partial charge in [-0.2, -0.15) is 0 Å². The molecule has 0 atom stereocenters. The van der Waals surface area contributed by atoms with Gasteiger partial charge in [0.15, 0.2) is 5.82 Å². The summed E-state index contributed by atoms with van der Waals surface area (Å²) < 4.78 is 26.6. The maximum absolute atomic E-state index is 15.6. The van der Waals surface area contributed by atoms with Gasteiger partial charge in [0, 0.05) is 31.9 Å². The van der Waals surface area contributed by atoms with Crippen LogP contribution >= 0.6 is 0 Å². The molecule has 3 heterocycles. The van der Waals surface area contributed by atoms with E-state index in [4.69, 9.17) is 9.47 Å². The van der Waals surface area contributed by atoms with Gasteiger partial charge < -0.3 is 29.6 Å². The molecule has 0 bridgehead atoms. The van der Waals surface area contributed by atoms with Crippen molar-refractivity contribution < 1.29 is 13.9 Å². The number of hydrogen-bond acceptors (Lipinski definition) is 6. The highest BCUT2D eigenvalue weighted by atomic mass is 19.1. The summed E-state index contributed by atoms with van der Waals surface area (Å²) in [6.45, 7) is 7.44. The van der Waals surface area contributed by atoms with Gasteiger partial charge in [-0.25, -0.2) is 9.37 Å². The fourth-order valence-electron chi connectivity index (χ4n) is 4.11. The molecule has 0 unspecified atom stereocenters. The van der Waals surface area contributed by atoms with Gasteiger partial charge in [-0.1, -0.05) is 12.1 Å². The molecule has 2 N–H and O–H groups in total. The normalized spacial score (nSPS) is 17.5. The number of anilines is 4. The lowest BCUT2D eigenvalue weighted by Gasteiger charge is -2.32. The molecule has 0 saturated carbocycles. The van der Waals surface area contributed by atoms with Crippen molar-refractivity contribution in [3.8, 4) is 0 Å². The minimum atomic E-state index is -0.294. The zero-order valence-corrected chi connectivity index (χ0v) is 17.1. The summed E-state index contributed by atoms with van der Waals surface area (Å²) in [5, 5.41) is 3.28. The molecule has 3 aromatic rings. The van der Waals surface area contributed by atoms with E-state index < -0.39 is 0 Å². The predicted octanol–water partition coefficient (Wildman–Crippen LogP) is 3.43. The average Bonchev–Trinajstić information content (AvgIpc) is 3.19. The van der Waals surface area contributed by atoms with E-state index in [1.165, 1.54) is 0 Å². The smallest absolute Gasteiger partial charge is 0.205 e. The second kappa shape index (κ2) is 8.12. The van der Waals surface area contributed by atoms with Gasteiger partial charge in [-0.05, 0) is 30.7 Å². The molecule has 0 spiro atoms. The monoisotopic (exact) mass is 411 g/mol. The first-order chi connectivity index (χ1) is 14.7. The fourth-order valence-corrected chi connectivity index (χ4v) is 4.11.